The number of nitrogens with one attached hydrogen (secondary N) is 1. The van der Waals surface area contributed by atoms with Gasteiger partial charge in [0.2, 0.25) is 0 Å². The molecular formula is C22H27IN6. The number of nitrogens with zero attached hydrogens (tertiary/aromatic N) is 5. The molecule has 0 radical (unpaired) electrons. The molecule has 0 spiro atoms. The molecule has 1 aliphatic rings. The molecule has 0 bridgehead atoms. The molecule has 2 aromatic heterocycles. The Kier molecular flexibility index (Phi) is 7.24. The zero-order chi connectivity index (χ0) is 19.3. The number of benzene rings is 1. The Balaban J connectivity index is 0.00000240. The van der Waals surface area contributed by atoms with Gasteiger partial charge in [0, 0.05) is 56.8 Å². The lowest BCUT2D eigenvalue weighted by molar-refractivity contribution is 0.485. The fraction of sp³-hybridized carbons (Fsp3) is 0.318. The highest BCUT2D eigenvalue weighted by atomic mass is 127. The minimum absolute atomic E-state index is 0. The van der Waals surface area contributed by atoms with Crippen molar-refractivity contribution in [2.24, 2.45) is 4.99 Å². The molecule has 0 amide bonds. The highest BCUT2D eigenvalue weighted by molar-refractivity contribution is 14.0. The summed E-state index contributed by atoms with van der Waals surface area (Å²) in [6.45, 7) is 4.66. The highest BCUT2D eigenvalue weighted by Gasteiger charge is 2.26. The maximum atomic E-state index is 4.56. The molecule has 1 unspecified atom stereocenters. The third-order valence-electron chi connectivity index (χ3n) is 5.33. The van der Waals surface area contributed by atoms with Crippen LogP contribution in [0.25, 0.3) is 5.82 Å². The highest BCUT2D eigenvalue weighted by Crippen LogP contribution is 2.27. The zero-order valence-electron chi connectivity index (χ0n) is 16.8. The van der Waals surface area contributed by atoms with Crippen LogP contribution in [-0.2, 0) is 6.54 Å². The third-order valence-corrected chi connectivity index (χ3v) is 5.33. The van der Waals surface area contributed by atoms with E-state index < -0.39 is 0 Å². The molecule has 4 rings (SSSR count). The summed E-state index contributed by atoms with van der Waals surface area (Å²) in [5, 5.41) is 3.52. The average molecular weight is 502 g/mol. The fourth-order valence-electron chi connectivity index (χ4n) is 3.84. The number of aliphatic imine (C=N–C) groups is 1. The van der Waals surface area contributed by atoms with Gasteiger partial charge in [0.15, 0.2) is 5.96 Å². The Bertz CT molecular complexity index is 953. The van der Waals surface area contributed by atoms with Crippen LogP contribution < -0.4 is 5.32 Å². The van der Waals surface area contributed by atoms with Crippen LogP contribution in [0.1, 0.15) is 29.3 Å². The molecule has 1 aliphatic heterocycles. The summed E-state index contributed by atoms with van der Waals surface area (Å²) in [6, 6.07) is 14.8. The standard InChI is InChI=1S/C22H26N6.HI/c1-17-24-12-14-28(17)21-19(9-6-11-25-21)15-26-22(23-2)27-13-10-20(16-27)18-7-4-3-5-8-18;/h3-9,11-12,14,20H,10,13,15-16H2,1-2H3,(H,23,26);1H. The molecule has 1 aromatic carbocycles. The van der Waals surface area contributed by atoms with Crippen LogP contribution >= 0.6 is 24.0 Å². The number of rotatable bonds is 4. The fourth-order valence-corrected chi connectivity index (χ4v) is 3.84. The van der Waals surface area contributed by atoms with E-state index in [0.29, 0.717) is 12.5 Å². The van der Waals surface area contributed by atoms with Crippen molar-refractivity contribution in [3.05, 3.63) is 78.0 Å². The van der Waals surface area contributed by atoms with E-state index in [1.54, 1.807) is 6.20 Å². The molecule has 0 aliphatic carbocycles. The second kappa shape index (κ2) is 9.87. The van der Waals surface area contributed by atoms with Crippen LogP contribution in [0.4, 0.5) is 0 Å². The summed E-state index contributed by atoms with van der Waals surface area (Å²) in [5.41, 5.74) is 2.52. The first-order valence-corrected chi connectivity index (χ1v) is 9.71. The smallest absolute Gasteiger partial charge is 0.193 e. The van der Waals surface area contributed by atoms with Gasteiger partial charge in [-0.3, -0.25) is 9.56 Å². The summed E-state index contributed by atoms with van der Waals surface area (Å²) in [5.74, 6) is 3.33. The van der Waals surface area contributed by atoms with Gasteiger partial charge in [-0.1, -0.05) is 36.4 Å². The van der Waals surface area contributed by atoms with Crippen molar-refractivity contribution >= 4 is 29.9 Å². The molecule has 3 heterocycles. The molecule has 1 saturated heterocycles. The van der Waals surface area contributed by atoms with Gasteiger partial charge in [0.05, 0.1) is 0 Å². The van der Waals surface area contributed by atoms with E-state index in [1.807, 2.05) is 37.0 Å². The van der Waals surface area contributed by atoms with E-state index >= 15 is 0 Å². The van der Waals surface area contributed by atoms with Gasteiger partial charge < -0.3 is 10.2 Å². The quantitative estimate of drug-likeness (QED) is 0.336. The first-order valence-electron chi connectivity index (χ1n) is 9.71. The Hall–Kier alpha value is -2.42. The summed E-state index contributed by atoms with van der Waals surface area (Å²) in [4.78, 5) is 15.7. The second-order valence-corrected chi connectivity index (χ2v) is 7.07. The number of halogens is 1. The molecule has 1 N–H and O–H groups in total. The average Bonchev–Trinajstić information content (AvgIpc) is 3.39. The van der Waals surface area contributed by atoms with E-state index in [2.05, 4.69) is 61.6 Å². The Morgan fingerprint density at radius 3 is 2.69 bits per heavy atom. The van der Waals surface area contributed by atoms with Gasteiger partial charge in [-0.2, -0.15) is 0 Å². The van der Waals surface area contributed by atoms with E-state index in [1.165, 1.54) is 5.56 Å². The number of imidazole rings is 1. The van der Waals surface area contributed by atoms with E-state index in [4.69, 9.17) is 0 Å². The maximum absolute atomic E-state index is 4.56. The Labute approximate surface area is 189 Å². The SMILES string of the molecule is CN=C(NCc1cccnc1-n1ccnc1C)N1CCC(c2ccccc2)C1.I. The maximum Gasteiger partial charge on any atom is 0.193 e. The molecule has 152 valence electrons. The topological polar surface area (TPSA) is 58.3 Å². The summed E-state index contributed by atoms with van der Waals surface area (Å²) < 4.78 is 2.01. The predicted octanol–water partition coefficient (Wildman–Crippen LogP) is 3.76. The lowest BCUT2D eigenvalue weighted by atomic mass is 9.99. The summed E-state index contributed by atoms with van der Waals surface area (Å²) in [7, 11) is 1.85. The lowest BCUT2D eigenvalue weighted by Gasteiger charge is -2.22. The van der Waals surface area contributed by atoms with Gasteiger partial charge in [0.25, 0.3) is 0 Å². The van der Waals surface area contributed by atoms with Crippen LogP contribution in [0.3, 0.4) is 0 Å². The van der Waals surface area contributed by atoms with Gasteiger partial charge in [0.1, 0.15) is 11.6 Å². The number of aryl methyl sites for hydroxylation is 1. The number of guanidine groups is 1. The molecule has 1 atom stereocenters. The number of hydrogen-bond acceptors (Lipinski definition) is 3. The predicted molar refractivity (Wildman–Crippen MR) is 127 cm³/mol. The summed E-state index contributed by atoms with van der Waals surface area (Å²) in [6.07, 6.45) is 6.71. The Morgan fingerprint density at radius 1 is 1.14 bits per heavy atom. The molecule has 6 nitrogen and oxygen atoms in total. The van der Waals surface area contributed by atoms with Crippen LogP contribution in [0.15, 0.2) is 66.0 Å². The number of hydrogen-bond donors (Lipinski definition) is 1. The summed E-state index contributed by atoms with van der Waals surface area (Å²) >= 11 is 0. The van der Waals surface area contributed by atoms with Crippen LogP contribution in [-0.4, -0.2) is 45.5 Å². The van der Waals surface area contributed by atoms with Gasteiger partial charge in [-0.05, 0) is 25.0 Å². The molecule has 1 fully saturated rings. The van der Waals surface area contributed by atoms with E-state index in [9.17, 15) is 0 Å². The van der Waals surface area contributed by atoms with Gasteiger partial charge >= 0.3 is 0 Å². The molecule has 0 saturated carbocycles. The number of aromatic nitrogens is 3. The minimum Gasteiger partial charge on any atom is -0.352 e. The number of pyridine rings is 1. The zero-order valence-corrected chi connectivity index (χ0v) is 19.2. The Morgan fingerprint density at radius 2 is 1.97 bits per heavy atom. The monoisotopic (exact) mass is 502 g/mol. The van der Waals surface area contributed by atoms with Crippen molar-refractivity contribution in [1.29, 1.82) is 0 Å². The van der Waals surface area contributed by atoms with Crippen LogP contribution in [0, 0.1) is 6.92 Å². The molecule has 7 heteroatoms. The van der Waals surface area contributed by atoms with Crippen molar-refractivity contribution in [3.63, 3.8) is 0 Å². The van der Waals surface area contributed by atoms with Gasteiger partial charge in [-0.25, -0.2) is 9.97 Å². The van der Waals surface area contributed by atoms with E-state index in [0.717, 1.165) is 42.7 Å². The van der Waals surface area contributed by atoms with Gasteiger partial charge in [-0.15, -0.1) is 24.0 Å². The first-order chi connectivity index (χ1) is 13.8. The molecular weight excluding hydrogens is 475 g/mol. The van der Waals surface area contributed by atoms with Crippen molar-refractivity contribution in [2.45, 2.75) is 25.8 Å². The van der Waals surface area contributed by atoms with Crippen molar-refractivity contribution in [3.8, 4) is 5.82 Å². The first kappa shape index (κ1) is 21.3. The van der Waals surface area contributed by atoms with Crippen LogP contribution in [0.2, 0.25) is 0 Å². The molecule has 29 heavy (non-hydrogen) atoms. The number of likely N-dealkylation sites (tertiary alicyclic amines) is 1. The largest absolute Gasteiger partial charge is 0.352 e. The second-order valence-electron chi connectivity index (χ2n) is 7.07. The van der Waals surface area contributed by atoms with Crippen molar-refractivity contribution in [1.82, 2.24) is 24.8 Å². The molecule has 3 aromatic rings. The normalized spacial score (nSPS) is 16.6. The lowest BCUT2D eigenvalue weighted by Crippen LogP contribution is -2.39. The van der Waals surface area contributed by atoms with E-state index in [-0.39, 0.29) is 24.0 Å². The van der Waals surface area contributed by atoms with Crippen LogP contribution in [0.5, 0.6) is 0 Å². The third kappa shape index (κ3) is 4.77. The van der Waals surface area contributed by atoms with Crippen molar-refractivity contribution < 1.29 is 0 Å². The minimum atomic E-state index is 0. The van der Waals surface area contributed by atoms with Crippen molar-refractivity contribution in [2.75, 3.05) is 20.1 Å².